The molecule has 2 nitrogen and oxygen atoms in total. The van der Waals surface area contributed by atoms with Crippen molar-refractivity contribution in [2.24, 2.45) is 0 Å². The van der Waals surface area contributed by atoms with Crippen LogP contribution >= 0.6 is 7.26 Å². The zero-order valence-corrected chi connectivity index (χ0v) is 33.5. The van der Waals surface area contributed by atoms with Crippen molar-refractivity contribution in [3.8, 4) is 0 Å². The molecule has 3 aliphatic carbocycles. The molecule has 50 heavy (non-hydrogen) atoms. The maximum atomic E-state index is 2.95. The summed E-state index contributed by atoms with van der Waals surface area (Å²) < 4.78 is 0. The first-order valence-electron chi connectivity index (χ1n) is 20.7. The van der Waals surface area contributed by atoms with Gasteiger partial charge in [-0.3, -0.25) is 0 Å². The Balaban J connectivity index is 1.55. The van der Waals surface area contributed by atoms with Crippen molar-refractivity contribution in [3.05, 3.63) is 98.9 Å². The molecule has 1 aliphatic heterocycles. The molecule has 3 heteroatoms. The number of rotatable bonds is 8. The Morgan fingerprint density at radius 2 is 0.880 bits per heavy atom. The summed E-state index contributed by atoms with van der Waals surface area (Å²) >= 11 is 0. The van der Waals surface area contributed by atoms with Crippen molar-refractivity contribution in [1.82, 2.24) is 0 Å². The van der Waals surface area contributed by atoms with Crippen LogP contribution in [-0.4, -0.2) is 36.2 Å². The van der Waals surface area contributed by atoms with Crippen LogP contribution in [0.5, 0.6) is 0 Å². The Kier molecular flexibility index (Phi) is 11.2. The molecule has 0 bridgehead atoms. The standard InChI is InChI=1S/C47H67N2P/c1-34-29-36(3)45(37(4)30-34)48-27-28-49(46-38(5)31-35(2)32-39(46)6)47(48)44(33-40-19-11-7-12-20-40)50(41-21-13-8-14-22-41,42-23-15-9-16-24-42)43-25-17-10-18-26-43/h7,11-12,19-20,29-33,41-43,47,50H,8-10,13-18,21-28H2,1-6H3/b44-33-. The molecule has 4 fully saturated rings. The van der Waals surface area contributed by atoms with Crippen LogP contribution in [0.15, 0.2) is 59.9 Å². The average Bonchev–Trinajstić information content (AvgIpc) is 3.52. The molecule has 3 saturated carbocycles. The summed E-state index contributed by atoms with van der Waals surface area (Å²) in [4.78, 5) is 5.90. The van der Waals surface area contributed by atoms with E-state index in [1.54, 1.807) is 0 Å². The van der Waals surface area contributed by atoms with Crippen LogP contribution < -0.4 is 9.80 Å². The van der Waals surface area contributed by atoms with Crippen molar-refractivity contribution in [2.45, 2.75) is 161 Å². The third kappa shape index (κ3) is 6.85. The van der Waals surface area contributed by atoms with Crippen molar-refractivity contribution in [2.75, 3.05) is 22.9 Å². The van der Waals surface area contributed by atoms with Crippen molar-refractivity contribution < 1.29 is 0 Å². The Morgan fingerprint density at radius 1 is 0.520 bits per heavy atom. The number of hydrogen-bond donors (Lipinski definition) is 0. The molecular formula is C47H67N2P. The molecule has 0 N–H and O–H groups in total. The minimum atomic E-state index is -2.13. The molecule has 0 unspecified atom stereocenters. The van der Waals surface area contributed by atoms with Gasteiger partial charge in [0.15, 0.2) is 0 Å². The number of anilines is 2. The molecule has 0 atom stereocenters. The summed E-state index contributed by atoms with van der Waals surface area (Å²) in [5, 5.41) is 1.92. The van der Waals surface area contributed by atoms with Gasteiger partial charge in [0, 0.05) is 0 Å². The fraction of sp³-hybridized carbons (Fsp3) is 0.574. The molecule has 270 valence electrons. The van der Waals surface area contributed by atoms with Gasteiger partial charge in [0.2, 0.25) is 0 Å². The van der Waals surface area contributed by atoms with Gasteiger partial charge in [0.05, 0.1) is 0 Å². The molecule has 0 aromatic heterocycles. The van der Waals surface area contributed by atoms with Gasteiger partial charge in [0.25, 0.3) is 0 Å². The second-order valence-corrected chi connectivity index (χ2v) is 22.1. The van der Waals surface area contributed by atoms with Gasteiger partial charge in [-0.25, -0.2) is 0 Å². The Morgan fingerprint density at radius 3 is 1.24 bits per heavy atom. The Bertz CT molecular complexity index is 1480. The maximum absolute atomic E-state index is 2.95. The minimum absolute atomic E-state index is 0.257. The van der Waals surface area contributed by atoms with E-state index in [1.807, 2.05) is 5.31 Å². The van der Waals surface area contributed by atoms with Gasteiger partial charge in [-0.15, -0.1) is 0 Å². The molecule has 7 rings (SSSR count). The summed E-state index contributed by atoms with van der Waals surface area (Å²) in [6.07, 6.45) is 25.0. The topological polar surface area (TPSA) is 6.48 Å². The predicted molar refractivity (Wildman–Crippen MR) is 223 cm³/mol. The molecule has 0 amide bonds. The van der Waals surface area contributed by atoms with Crippen LogP contribution in [0.25, 0.3) is 6.08 Å². The van der Waals surface area contributed by atoms with E-state index in [-0.39, 0.29) is 6.17 Å². The average molecular weight is 691 g/mol. The molecule has 0 spiro atoms. The summed E-state index contributed by atoms with van der Waals surface area (Å²) in [6, 6.07) is 21.5. The van der Waals surface area contributed by atoms with E-state index in [9.17, 15) is 0 Å². The fourth-order valence-corrected chi connectivity index (χ4v) is 21.0. The van der Waals surface area contributed by atoms with Crippen LogP contribution in [0, 0.1) is 41.5 Å². The van der Waals surface area contributed by atoms with E-state index in [4.69, 9.17) is 0 Å². The van der Waals surface area contributed by atoms with Crippen molar-refractivity contribution in [1.29, 1.82) is 0 Å². The summed E-state index contributed by atoms with van der Waals surface area (Å²) in [5.74, 6) is 0. The number of nitrogens with zero attached hydrogens (tertiary/aromatic N) is 2. The van der Waals surface area contributed by atoms with E-state index in [2.05, 4.69) is 112 Å². The summed E-state index contributed by atoms with van der Waals surface area (Å²) in [6.45, 7) is 16.3. The monoisotopic (exact) mass is 691 g/mol. The molecule has 3 aromatic carbocycles. The number of aryl methyl sites for hydroxylation is 6. The van der Waals surface area contributed by atoms with Gasteiger partial charge in [-0.05, 0) is 0 Å². The zero-order valence-electron chi connectivity index (χ0n) is 32.5. The van der Waals surface area contributed by atoms with E-state index in [1.165, 1.54) is 147 Å². The first-order chi connectivity index (χ1) is 24.3. The molecular weight excluding hydrogens is 624 g/mol. The Labute approximate surface area is 306 Å². The first kappa shape index (κ1) is 35.8. The van der Waals surface area contributed by atoms with Crippen LogP contribution in [-0.2, 0) is 0 Å². The van der Waals surface area contributed by atoms with Crippen molar-refractivity contribution in [3.63, 3.8) is 0 Å². The van der Waals surface area contributed by atoms with Gasteiger partial charge in [-0.2, -0.15) is 0 Å². The number of benzene rings is 3. The van der Waals surface area contributed by atoms with E-state index in [0.717, 1.165) is 30.1 Å². The van der Waals surface area contributed by atoms with Gasteiger partial charge in [0.1, 0.15) is 0 Å². The first-order valence-corrected chi connectivity index (χ1v) is 23.0. The zero-order chi connectivity index (χ0) is 34.8. The van der Waals surface area contributed by atoms with Crippen LogP contribution in [0.3, 0.4) is 0 Å². The molecule has 0 radical (unpaired) electrons. The molecule has 1 saturated heterocycles. The van der Waals surface area contributed by atoms with Crippen molar-refractivity contribution >= 4 is 24.7 Å². The third-order valence-electron chi connectivity index (χ3n) is 13.8. The van der Waals surface area contributed by atoms with Gasteiger partial charge in [-0.1, -0.05) is 0 Å². The molecule has 1 heterocycles. The SMILES string of the molecule is Cc1cc(C)c(N2CCN(c3c(C)cc(C)cc3C)C2/C(=C/c2ccccc2)[PH](C2CCCCC2)(C2CCCCC2)C2CCCCC2)c(C)c1. The molecule has 4 aliphatic rings. The Hall–Kier alpha value is -2.57. The van der Waals surface area contributed by atoms with Crippen LogP contribution in [0.1, 0.15) is 135 Å². The van der Waals surface area contributed by atoms with E-state index < -0.39 is 7.26 Å². The van der Waals surface area contributed by atoms with Crippen LogP contribution in [0.4, 0.5) is 11.4 Å². The normalized spacial score (nSPS) is 21.3. The van der Waals surface area contributed by atoms with Gasteiger partial charge >= 0.3 is 307 Å². The third-order valence-corrected chi connectivity index (χ3v) is 20.9. The predicted octanol–water partition coefficient (Wildman–Crippen LogP) is 13.0. The second-order valence-electron chi connectivity index (χ2n) is 17.2. The number of hydrogen-bond acceptors (Lipinski definition) is 2. The molecule has 3 aromatic rings. The summed E-state index contributed by atoms with van der Waals surface area (Å²) in [5.41, 5.74) is 15.7. The van der Waals surface area contributed by atoms with Crippen LogP contribution in [0.2, 0.25) is 0 Å². The van der Waals surface area contributed by atoms with E-state index in [0.29, 0.717) is 0 Å². The van der Waals surface area contributed by atoms with E-state index >= 15 is 0 Å². The van der Waals surface area contributed by atoms with Gasteiger partial charge < -0.3 is 0 Å². The summed E-state index contributed by atoms with van der Waals surface area (Å²) in [7, 11) is -2.13. The fourth-order valence-electron chi connectivity index (χ4n) is 12.3. The quantitative estimate of drug-likeness (QED) is 0.217. The second kappa shape index (κ2) is 15.6.